The zero-order valence-electron chi connectivity index (χ0n) is 10.7. The Labute approximate surface area is 108 Å². The Morgan fingerprint density at radius 3 is 2.89 bits per heavy atom. The highest BCUT2D eigenvalue weighted by molar-refractivity contribution is 5.22. The number of imidazole rings is 1. The number of hydrogen-bond donors (Lipinski definition) is 1. The number of nitrogens with two attached hydrogens (primary N) is 1. The SMILES string of the molecule is CC1CC(N)Cn2cc(Cc3ccccc3)nc21. The van der Waals surface area contributed by atoms with E-state index in [0.717, 1.165) is 25.1 Å². The number of aromatic nitrogens is 2. The van der Waals surface area contributed by atoms with Gasteiger partial charge in [0.05, 0.1) is 5.69 Å². The van der Waals surface area contributed by atoms with Gasteiger partial charge in [-0.2, -0.15) is 0 Å². The summed E-state index contributed by atoms with van der Waals surface area (Å²) in [6.07, 6.45) is 4.11. The van der Waals surface area contributed by atoms with E-state index in [-0.39, 0.29) is 6.04 Å². The summed E-state index contributed by atoms with van der Waals surface area (Å²) in [5, 5.41) is 0. The Morgan fingerprint density at radius 2 is 2.11 bits per heavy atom. The van der Waals surface area contributed by atoms with Gasteiger partial charge in [0.1, 0.15) is 5.82 Å². The average molecular weight is 241 g/mol. The van der Waals surface area contributed by atoms with Crippen LogP contribution in [0.25, 0.3) is 0 Å². The summed E-state index contributed by atoms with van der Waals surface area (Å²) >= 11 is 0. The molecular formula is C15H19N3. The van der Waals surface area contributed by atoms with Gasteiger partial charge in [-0.15, -0.1) is 0 Å². The second-order valence-corrected chi connectivity index (χ2v) is 5.30. The van der Waals surface area contributed by atoms with Gasteiger partial charge in [0.15, 0.2) is 0 Å². The number of benzene rings is 1. The fourth-order valence-electron chi connectivity index (χ4n) is 2.80. The molecule has 3 nitrogen and oxygen atoms in total. The molecule has 0 saturated heterocycles. The van der Waals surface area contributed by atoms with Gasteiger partial charge >= 0.3 is 0 Å². The molecule has 1 aromatic heterocycles. The average Bonchev–Trinajstić information content (AvgIpc) is 2.73. The highest BCUT2D eigenvalue weighted by atomic mass is 15.1. The number of nitrogens with zero attached hydrogens (tertiary/aromatic N) is 2. The minimum atomic E-state index is 0.270. The van der Waals surface area contributed by atoms with Crippen molar-refractivity contribution in [3.63, 3.8) is 0 Å². The second kappa shape index (κ2) is 4.58. The van der Waals surface area contributed by atoms with Crippen LogP contribution in [-0.4, -0.2) is 15.6 Å². The summed E-state index contributed by atoms with van der Waals surface area (Å²) in [5.74, 6) is 1.67. The third-order valence-electron chi connectivity index (χ3n) is 3.61. The molecule has 3 rings (SSSR count). The van der Waals surface area contributed by atoms with Gasteiger partial charge in [0.2, 0.25) is 0 Å². The quantitative estimate of drug-likeness (QED) is 0.876. The molecule has 0 amide bonds. The zero-order valence-corrected chi connectivity index (χ0v) is 10.7. The predicted molar refractivity (Wildman–Crippen MR) is 72.5 cm³/mol. The van der Waals surface area contributed by atoms with Crippen LogP contribution in [0.3, 0.4) is 0 Å². The van der Waals surface area contributed by atoms with Crippen LogP contribution in [0, 0.1) is 0 Å². The molecule has 1 aliphatic heterocycles. The van der Waals surface area contributed by atoms with Crippen LogP contribution in [0.4, 0.5) is 0 Å². The topological polar surface area (TPSA) is 43.8 Å². The van der Waals surface area contributed by atoms with Crippen LogP contribution >= 0.6 is 0 Å². The normalized spacial score (nSPS) is 22.8. The molecule has 0 saturated carbocycles. The molecule has 0 bridgehead atoms. The van der Waals surface area contributed by atoms with E-state index >= 15 is 0 Å². The first-order valence-corrected chi connectivity index (χ1v) is 6.58. The summed E-state index contributed by atoms with van der Waals surface area (Å²) in [4.78, 5) is 4.77. The van der Waals surface area contributed by atoms with Gasteiger partial charge in [0, 0.05) is 31.1 Å². The standard InChI is InChI=1S/C15H19N3/c1-11-7-13(16)9-18-10-14(17-15(11)18)8-12-5-3-2-4-6-12/h2-6,10-11,13H,7-9,16H2,1H3. The van der Waals surface area contributed by atoms with Crippen molar-refractivity contribution in [1.82, 2.24) is 9.55 Å². The largest absolute Gasteiger partial charge is 0.333 e. The second-order valence-electron chi connectivity index (χ2n) is 5.30. The molecule has 1 aliphatic rings. The van der Waals surface area contributed by atoms with Crippen molar-refractivity contribution in [3.05, 3.63) is 53.6 Å². The zero-order chi connectivity index (χ0) is 12.5. The molecule has 0 spiro atoms. The van der Waals surface area contributed by atoms with Crippen LogP contribution in [0.2, 0.25) is 0 Å². The molecular weight excluding hydrogens is 222 g/mol. The molecule has 2 aromatic rings. The lowest BCUT2D eigenvalue weighted by molar-refractivity contribution is 0.407. The Kier molecular flexibility index (Phi) is 2.92. The van der Waals surface area contributed by atoms with E-state index in [1.807, 2.05) is 6.07 Å². The molecule has 2 unspecified atom stereocenters. The van der Waals surface area contributed by atoms with Crippen molar-refractivity contribution in [2.75, 3.05) is 0 Å². The fourth-order valence-corrected chi connectivity index (χ4v) is 2.80. The molecule has 3 heteroatoms. The molecule has 94 valence electrons. The predicted octanol–water partition coefficient (Wildman–Crippen LogP) is 2.31. The van der Waals surface area contributed by atoms with E-state index in [1.165, 1.54) is 11.4 Å². The highest BCUT2D eigenvalue weighted by Crippen LogP contribution is 2.26. The Balaban J connectivity index is 1.85. The Bertz CT molecular complexity index is 530. The fraction of sp³-hybridized carbons (Fsp3) is 0.400. The maximum atomic E-state index is 6.05. The molecule has 0 aliphatic carbocycles. The number of rotatable bonds is 2. The van der Waals surface area contributed by atoms with Crippen molar-refractivity contribution in [2.24, 2.45) is 5.73 Å². The Morgan fingerprint density at radius 1 is 1.33 bits per heavy atom. The van der Waals surface area contributed by atoms with Crippen LogP contribution in [-0.2, 0) is 13.0 Å². The molecule has 2 N–H and O–H groups in total. The lowest BCUT2D eigenvalue weighted by Gasteiger charge is -2.25. The minimum Gasteiger partial charge on any atom is -0.333 e. The summed E-state index contributed by atoms with van der Waals surface area (Å²) < 4.78 is 2.23. The lowest BCUT2D eigenvalue weighted by atomic mass is 9.98. The van der Waals surface area contributed by atoms with Gasteiger partial charge < -0.3 is 10.3 Å². The maximum absolute atomic E-state index is 6.05. The molecule has 18 heavy (non-hydrogen) atoms. The van der Waals surface area contributed by atoms with Crippen molar-refractivity contribution in [2.45, 2.75) is 38.3 Å². The van der Waals surface area contributed by atoms with Crippen LogP contribution in [0.1, 0.15) is 36.3 Å². The third kappa shape index (κ3) is 2.18. The van der Waals surface area contributed by atoms with E-state index in [4.69, 9.17) is 10.7 Å². The molecule has 2 heterocycles. The van der Waals surface area contributed by atoms with Crippen molar-refractivity contribution < 1.29 is 0 Å². The van der Waals surface area contributed by atoms with E-state index < -0.39 is 0 Å². The number of fused-ring (bicyclic) bond motifs is 1. The van der Waals surface area contributed by atoms with Crippen molar-refractivity contribution >= 4 is 0 Å². The van der Waals surface area contributed by atoms with Crippen molar-refractivity contribution in [3.8, 4) is 0 Å². The molecule has 0 radical (unpaired) electrons. The third-order valence-corrected chi connectivity index (χ3v) is 3.61. The van der Waals surface area contributed by atoms with Crippen LogP contribution < -0.4 is 5.73 Å². The summed E-state index contributed by atoms with van der Waals surface area (Å²) in [7, 11) is 0. The molecule has 2 atom stereocenters. The smallest absolute Gasteiger partial charge is 0.111 e. The van der Waals surface area contributed by atoms with Gasteiger partial charge in [0.25, 0.3) is 0 Å². The number of hydrogen-bond acceptors (Lipinski definition) is 2. The highest BCUT2D eigenvalue weighted by Gasteiger charge is 2.23. The first kappa shape index (κ1) is 11.5. The first-order chi connectivity index (χ1) is 8.72. The van der Waals surface area contributed by atoms with Crippen molar-refractivity contribution in [1.29, 1.82) is 0 Å². The maximum Gasteiger partial charge on any atom is 0.111 e. The monoisotopic (exact) mass is 241 g/mol. The van der Waals surface area contributed by atoms with Gasteiger partial charge in [-0.3, -0.25) is 0 Å². The summed E-state index contributed by atoms with van der Waals surface area (Å²) in [6.45, 7) is 3.12. The summed E-state index contributed by atoms with van der Waals surface area (Å²) in [6, 6.07) is 10.8. The van der Waals surface area contributed by atoms with Crippen LogP contribution in [0.5, 0.6) is 0 Å². The van der Waals surface area contributed by atoms with Crippen LogP contribution in [0.15, 0.2) is 36.5 Å². The van der Waals surface area contributed by atoms with Gasteiger partial charge in [-0.1, -0.05) is 37.3 Å². The first-order valence-electron chi connectivity index (χ1n) is 6.58. The van der Waals surface area contributed by atoms with E-state index in [0.29, 0.717) is 5.92 Å². The lowest BCUT2D eigenvalue weighted by Crippen LogP contribution is -2.33. The summed E-state index contributed by atoms with van der Waals surface area (Å²) in [5.41, 5.74) is 8.51. The molecule has 1 aromatic carbocycles. The molecule has 0 fully saturated rings. The van der Waals surface area contributed by atoms with E-state index in [1.54, 1.807) is 0 Å². The van der Waals surface area contributed by atoms with E-state index in [9.17, 15) is 0 Å². The van der Waals surface area contributed by atoms with Gasteiger partial charge in [-0.05, 0) is 12.0 Å². The van der Waals surface area contributed by atoms with Gasteiger partial charge in [-0.25, -0.2) is 4.98 Å². The minimum absolute atomic E-state index is 0.270. The van der Waals surface area contributed by atoms with E-state index in [2.05, 4.69) is 42.0 Å². The Hall–Kier alpha value is -1.61.